The lowest BCUT2D eigenvalue weighted by molar-refractivity contribution is 0.597. The molecule has 0 radical (unpaired) electrons. The quantitative estimate of drug-likeness (QED) is 0.289. The van der Waals surface area contributed by atoms with Gasteiger partial charge in [0, 0.05) is 34.3 Å². The molecule has 0 aliphatic rings. The zero-order chi connectivity index (χ0) is 22.0. The molecule has 3 heteroatoms. The highest BCUT2D eigenvalue weighted by atomic mass is 16.3. The molecule has 0 atom stereocenters. The molecule has 0 saturated carbocycles. The first-order valence-corrected chi connectivity index (χ1v) is 10.9. The molecule has 33 heavy (non-hydrogen) atoms. The number of benzene rings is 4. The molecule has 2 heterocycles. The maximum absolute atomic E-state index is 6.52. The molecule has 0 amide bonds. The van der Waals surface area contributed by atoms with E-state index in [4.69, 9.17) is 4.42 Å². The zero-order valence-electron chi connectivity index (χ0n) is 17.8. The Bertz CT molecular complexity index is 1540. The van der Waals surface area contributed by atoms with Crippen molar-refractivity contribution in [2.75, 3.05) is 0 Å². The highest BCUT2D eigenvalue weighted by Crippen LogP contribution is 2.41. The Balaban J connectivity index is 1.50. The summed E-state index contributed by atoms with van der Waals surface area (Å²) >= 11 is 0. The average molecular weight is 425 g/mol. The minimum absolute atomic E-state index is 0.578. The molecule has 4 aromatic carbocycles. The van der Waals surface area contributed by atoms with Crippen molar-refractivity contribution in [1.82, 2.24) is 9.97 Å². The first-order valence-electron chi connectivity index (χ1n) is 10.9. The minimum atomic E-state index is 0.578. The van der Waals surface area contributed by atoms with Gasteiger partial charge in [-0.05, 0) is 16.7 Å². The topological polar surface area (TPSA) is 38.9 Å². The fourth-order valence-electron chi connectivity index (χ4n) is 4.23. The van der Waals surface area contributed by atoms with Gasteiger partial charge in [-0.3, -0.25) is 0 Å². The van der Waals surface area contributed by atoms with Crippen molar-refractivity contribution in [3.63, 3.8) is 0 Å². The van der Waals surface area contributed by atoms with Gasteiger partial charge in [-0.2, -0.15) is 0 Å². The number of hydrogen-bond acceptors (Lipinski definition) is 3. The number of rotatable bonds is 4. The van der Waals surface area contributed by atoms with Gasteiger partial charge in [-0.25, -0.2) is 9.97 Å². The van der Waals surface area contributed by atoms with E-state index in [1.165, 1.54) is 0 Å². The second-order valence-electron chi connectivity index (χ2n) is 7.88. The summed E-state index contributed by atoms with van der Waals surface area (Å²) < 4.78 is 6.52. The van der Waals surface area contributed by atoms with E-state index in [1.807, 2.05) is 54.9 Å². The third kappa shape index (κ3) is 3.50. The van der Waals surface area contributed by atoms with Gasteiger partial charge >= 0.3 is 0 Å². The molecule has 0 aliphatic heterocycles. The van der Waals surface area contributed by atoms with Crippen molar-refractivity contribution >= 4 is 10.8 Å². The van der Waals surface area contributed by atoms with Crippen molar-refractivity contribution in [2.45, 2.75) is 0 Å². The summed E-state index contributed by atoms with van der Waals surface area (Å²) in [5, 5.41) is 2.05. The van der Waals surface area contributed by atoms with Gasteiger partial charge < -0.3 is 4.42 Å². The first kappa shape index (κ1) is 19.2. The molecule has 0 unspecified atom stereocenters. The van der Waals surface area contributed by atoms with Crippen molar-refractivity contribution < 1.29 is 4.42 Å². The Kier molecular flexibility index (Phi) is 4.78. The summed E-state index contributed by atoms with van der Waals surface area (Å²) in [6.45, 7) is 0. The van der Waals surface area contributed by atoms with Crippen LogP contribution in [0.5, 0.6) is 0 Å². The van der Waals surface area contributed by atoms with Crippen LogP contribution in [0.2, 0.25) is 0 Å². The first-order chi connectivity index (χ1) is 16.4. The number of aromatic nitrogens is 2. The summed E-state index contributed by atoms with van der Waals surface area (Å²) in [5.74, 6) is 2.09. The van der Waals surface area contributed by atoms with Crippen molar-refractivity contribution in [2.24, 2.45) is 0 Å². The van der Waals surface area contributed by atoms with Crippen LogP contribution in [0.1, 0.15) is 0 Å². The maximum atomic E-state index is 6.52. The Morgan fingerprint density at radius 1 is 0.424 bits per heavy atom. The molecule has 0 bridgehead atoms. The second kappa shape index (κ2) is 8.21. The molecule has 3 nitrogen and oxygen atoms in total. The van der Waals surface area contributed by atoms with Crippen LogP contribution in [0.3, 0.4) is 0 Å². The lowest BCUT2D eigenvalue weighted by atomic mass is 9.96. The standard InChI is InChI=1S/C30H20N2O/c1-3-11-21(12-4-1)23-19-31-30(32-20-23)29-27-18-10-9-17-26(27)28(33-29)25-16-8-7-15-24(25)22-13-5-2-6-14-22/h1-20H. The SMILES string of the molecule is c1ccc(-c2cnc(-c3oc(-c4ccccc4-c4ccccc4)c4ccccc34)nc2)cc1. The van der Waals surface area contributed by atoms with Crippen molar-refractivity contribution in [3.8, 4) is 45.2 Å². The highest BCUT2D eigenvalue weighted by Gasteiger charge is 2.20. The molecule has 6 aromatic rings. The summed E-state index contributed by atoms with van der Waals surface area (Å²) in [4.78, 5) is 9.32. The van der Waals surface area contributed by atoms with Crippen LogP contribution in [-0.4, -0.2) is 9.97 Å². The van der Waals surface area contributed by atoms with Crippen molar-refractivity contribution in [3.05, 3.63) is 122 Å². The van der Waals surface area contributed by atoms with Crippen LogP contribution in [0.25, 0.3) is 55.9 Å². The molecule has 0 spiro atoms. The van der Waals surface area contributed by atoms with Crippen LogP contribution in [0, 0.1) is 0 Å². The van der Waals surface area contributed by atoms with E-state index in [1.54, 1.807) is 0 Å². The molecule has 0 saturated heterocycles. The van der Waals surface area contributed by atoms with Gasteiger partial charge in [0.2, 0.25) is 0 Å². The number of furan rings is 1. The summed E-state index contributed by atoms with van der Waals surface area (Å²) in [6, 6.07) is 37.1. The maximum Gasteiger partial charge on any atom is 0.196 e. The molecular weight excluding hydrogens is 404 g/mol. The summed E-state index contributed by atoms with van der Waals surface area (Å²) in [5.41, 5.74) is 5.39. The van der Waals surface area contributed by atoms with Crippen LogP contribution in [0.15, 0.2) is 126 Å². The normalized spacial score (nSPS) is 11.0. The Morgan fingerprint density at radius 3 is 1.61 bits per heavy atom. The number of nitrogens with zero attached hydrogens (tertiary/aromatic N) is 2. The predicted octanol–water partition coefficient (Wildman–Crippen LogP) is 7.89. The molecular formula is C30H20N2O. The fraction of sp³-hybridized carbons (Fsp3) is 0. The number of hydrogen-bond donors (Lipinski definition) is 0. The molecule has 156 valence electrons. The highest BCUT2D eigenvalue weighted by molar-refractivity contribution is 6.03. The van der Waals surface area contributed by atoms with Gasteiger partial charge in [0.05, 0.1) is 0 Å². The second-order valence-corrected chi connectivity index (χ2v) is 7.88. The monoisotopic (exact) mass is 424 g/mol. The third-order valence-corrected chi connectivity index (χ3v) is 5.84. The number of fused-ring (bicyclic) bond motifs is 1. The summed E-state index contributed by atoms with van der Waals surface area (Å²) in [7, 11) is 0. The predicted molar refractivity (Wildman–Crippen MR) is 134 cm³/mol. The molecule has 2 aromatic heterocycles. The smallest absolute Gasteiger partial charge is 0.196 e. The van der Waals surface area contributed by atoms with Crippen LogP contribution in [0.4, 0.5) is 0 Å². The van der Waals surface area contributed by atoms with E-state index in [2.05, 4.69) is 76.7 Å². The van der Waals surface area contributed by atoms with Gasteiger partial charge in [0.25, 0.3) is 0 Å². The van der Waals surface area contributed by atoms with Gasteiger partial charge in [-0.15, -0.1) is 0 Å². The van der Waals surface area contributed by atoms with Crippen LogP contribution < -0.4 is 0 Å². The van der Waals surface area contributed by atoms with Gasteiger partial charge in [0.15, 0.2) is 11.6 Å². The van der Waals surface area contributed by atoms with E-state index < -0.39 is 0 Å². The molecule has 0 aliphatic carbocycles. The Labute approximate surface area is 192 Å². The van der Waals surface area contributed by atoms with Crippen LogP contribution >= 0.6 is 0 Å². The van der Waals surface area contributed by atoms with E-state index in [0.29, 0.717) is 11.6 Å². The lowest BCUT2D eigenvalue weighted by Crippen LogP contribution is -1.89. The fourth-order valence-corrected chi connectivity index (χ4v) is 4.23. The Morgan fingerprint density at radius 2 is 0.939 bits per heavy atom. The van der Waals surface area contributed by atoms with E-state index in [9.17, 15) is 0 Å². The third-order valence-electron chi connectivity index (χ3n) is 5.84. The van der Waals surface area contributed by atoms with Gasteiger partial charge in [0.1, 0.15) is 5.76 Å². The Hall–Kier alpha value is -4.50. The zero-order valence-corrected chi connectivity index (χ0v) is 17.8. The molecule has 0 N–H and O–H groups in total. The van der Waals surface area contributed by atoms with E-state index in [0.717, 1.165) is 44.3 Å². The van der Waals surface area contributed by atoms with E-state index in [-0.39, 0.29) is 0 Å². The molecule has 6 rings (SSSR count). The van der Waals surface area contributed by atoms with Crippen molar-refractivity contribution in [1.29, 1.82) is 0 Å². The largest absolute Gasteiger partial charge is 0.451 e. The van der Waals surface area contributed by atoms with E-state index >= 15 is 0 Å². The minimum Gasteiger partial charge on any atom is -0.451 e. The average Bonchev–Trinajstić information content (AvgIpc) is 3.29. The van der Waals surface area contributed by atoms with Gasteiger partial charge in [-0.1, -0.05) is 109 Å². The van der Waals surface area contributed by atoms with Crippen LogP contribution in [-0.2, 0) is 0 Å². The lowest BCUT2D eigenvalue weighted by Gasteiger charge is -2.08. The summed E-state index contributed by atoms with van der Waals surface area (Å²) in [6.07, 6.45) is 3.71. The molecule has 0 fully saturated rings.